The van der Waals surface area contributed by atoms with Crippen LogP contribution in [0.4, 0.5) is 9.18 Å². The molecule has 0 fully saturated rings. The molecule has 6 nitrogen and oxygen atoms in total. The van der Waals surface area contributed by atoms with E-state index >= 15 is 0 Å². The Kier molecular flexibility index (Phi) is 8.76. The Morgan fingerprint density at radius 3 is 2.44 bits per heavy atom. The lowest BCUT2D eigenvalue weighted by atomic mass is 9.72. The first kappa shape index (κ1) is 30.1. The molecule has 0 heterocycles. The van der Waals surface area contributed by atoms with Gasteiger partial charge in [0, 0.05) is 12.5 Å². The zero-order valence-corrected chi connectivity index (χ0v) is 25.0. The van der Waals surface area contributed by atoms with Crippen LogP contribution in [0.25, 0.3) is 0 Å². The Bertz CT molecular complexity index is 1440. The van der Waals surface area contributed by atoms with Gasteiger partial charge in [0.15, 0.2) is 11.6 Å². The van der Waals surface area contributed by atoms with Crippen molar-refractivity contribution in [3.05, 3.63) is 99.4 Å². The topological polar surface area (TPSA) is 76.1 Å². The Labute approximate surface area is 242 Å². The van der Waals surface area contributed by atoms with Gasteiger partial charge in [0.2, 0.25) is 0 Å². The van der Waals surface area contributed by atoms with E-state index in [1.807, 2.05) is 65.8 Å². The van der Waals surface area contributed by atoms with Gasteiger partial charge < -0.3 is 19.5 Å². The van der Waals surface area contributed by atoms with Gasteiger partial charge in [0.1, 0.15) is 5.60 Å². The summed E-state index contributed by atoms with van der Waals surface area (Å²) in [6, 6.07) is 16.4. The molecule has 1 amide bonds. The number of carbonyl (C=O) groups is 2. The van der Waals surface area contributed by atoms with E-state index in [9.17, 15) is 19.1 Å². The molecule has 1 aliphatic carbocycles. The van der Waals surface area contributed by atoms with Gasteiger partial charge in [0.05, 0.1) is 18.7 Å². The molecular formula is C34H40FNO5. The largest absolute Gasteiger partial charge is 0.494 e. The molecule has 7 heteroatoms. The molecule has 4 rings (SSSR count). The lowest BCUT2D eigenvalue weighted by Gasteiger charge is -2.38. The maximum absolute atomic E-state index is 14.2. The van der Waals surface area contributed by atoms with Crippen LogP contribution < -0.4 is 4.74 Å². The van der Waals surface area contributed by atoms with E-state index < -0.39 is 29.5 Å². The fourth-order valence-corrected chi connectivity index (χ4v) is 6.02. The lowest BCUT2D eigenvalue weighted by molar-refractivity contribution is 0.0129. The highest BCUT2D eigenvalue weighted by Crippen LogP contribution is 2.42. The number of hydrogen-bond acceptors (Lipinski definition) is 4. The van der Waals surface area contributed by atoms with Gasteiger partial charge in [-0.05, 0) is 106 Å². The Hall–Kier alpha value is -3.87. The first-order valence-corrected chi connectivity index (χ1v) is 14.0. The van der Waals surface area contributed by atoms with Crippen LogP contribution in [-0.2, 0) is 11.2 Å². The van der Waals surface area contributed by atoms with Crippen LogP contribution in [0.15, 0.2) is 54.6 Å². The van der Waals surface area contributed by atoms with E-state index in [-0.39, 0.29) is 17.6 Å². The predicted molar refractivity (Wildman–Crippen MR) is 157 cm³/mol. The van der Waals surface area contributed by atoms with Crippen molar-refractivity contribution in [1.29, 1.82) is 0 Å². The summed E-state index contributed by atoms with van der Waals surface area (Å²) >= 11 is 0. The van der Waals surface area contributed by atoms with Crippen LogP contribution in [0.2, 0.25) is 0 Å². The molecule has 218 valence electrons. The number of carboxylic acids is 1. The summed E-state index contributed by atoms with van der Waals surface area (Å²) < 4.78 is 25.2. The number of hydrogen-bond donors (Lipinski definition) is 1. The number of nitrogens with zero attached hydrogens (tertiary/aromatic N) is 1. The normalized spacial score (nSPS) is 17.4. The highest BCUT2D eigenvalue weighted by atomic mass is 19.1. The van der Waals surface area contributed by atoms with E-state index in [2.05, 4.69) is 12.1 Å². The zero-order valence-electron chi connectivity index (χ0n) is 25.0. The summed E-state index contributed by atoms with van der Waals surface area (Å²) in [6.07, 6.45) is 1.06. The molecule has 0 aliphatic heterocycles. The van der Waals surface area contributed by atoms with Gasteiger partial charge in [-0.2, -0.15) is 0 Å². The lowest BCUT2D eigenvalue weighted by Crippen LogP contribution is -2.42. The second-order valence-corrected chi connectivity index (χ2v) is 12.0. The van der Waals surface area contributed by atoms with Gasteiger partial charge in [-0.1, -0.05) is 42.5 Å². The minimum Gasteiger partial charge on any atom is -0.494 e. The van der Waals surface area contributed by atoms with Crippen LogP contribution >= 0.6 is 0 Å². The number of carbonyl (C=O) groups excluding carboxylic acids is 1. The van der Waals surface area contributed by atoms with Crippen LogP contribution in [0.1, 0.15) is 89.8 Å². The number of methoxy groups -OCH3 is 1. The summed E-state index contributed by atoms with van der Waals surface area (Å²) in [5, 5.41) is 9.92. The number of ether oxygens (including phenoxy) is 2. The summed E-state index contributed by atoms with van der Waals surface area (Å²) in [5.41, 5.74) is 5.26. The van der Waals surface area contributed by atoms with Crippen LogP contribution in [0, 0.1) is 25.6 Å². The van der Waals surface area contributed by atoms with Gasteiger partial charge >= 0.3 is 12.1 Å². The van der Waals surface area contributed by atoms with Crippen molar-refractivity contribution in [2.45, 2.75) is 71.9 Å². The number of aryl methyl sites for hydroxylation is 1. The molecule has 0 aromatic heterocycles. The van der Waals surface area contributed by atoms with Crippen molar-refractivity contribution in [2.24, 2.45) is 5.92 Å². The first-order chi connectivity index (χ1) is 19.3. The Morgan fingerprint density at radius 1 is 1.07 bits per heavy atom. The van der Waals surface area contributed by atoms with Gasteiger partial charge in [-0.15, -0.1) is 0 Å². The highest BCUT2D eigenvalue weighted by Gasteiger charge is 2.35. The maximum atomic E-state index is 14.2. The van der Waals surface area contributed by atoms with Crippen molar-refractivity contribution >= 4 is 12.1 Å². The van der Waals surface area contributed by atoms with Crippen LogP contribution in [0.3, 0.4) is 0 Å². The smallest absolute Gasteiger partial charge is 0.410 e. The molecule has 0 saturated heterocycles. The van der Waals surface area contributed by atoms with Gasteiger partial charge in [-0.25, -0.2) is 14.0 Å². The number of benzene rings is 3. The molecular weight excluding hydrogens is 521 g/mol. The van der Waals surface area contributed by atoms with Gasteiger partial charge in [-0.3, -0.25) is 0 Å². The Balaban J connectivity index is 1.73. The van der Waals surface area contributed by atoms with E-state index in [1.165, 1.54) is 24.3 Å². The summed E-state index contributed by atoms with van der Waals surface area (Å²) in [5.74, 6) is -1.23. The third-order valence-electron chi connectivity index (χ3n) is 8.02. The van der Waals surface area contributed by atoms with Crippen molar-refractivity contribution in [3.8, 4) is 5.75 Å². The molecule has 1 N–H and O–H groups in total. The molecule has 0 spiro atoms. The SMILES string of the molecule is COc1cc([C@@H](C)N(C[C@@H]2Cc3ccccc3C(c3ccc(C)c(C(=O)O)c3C)C2)C(=O)OC(C)(C)C)ccc1F. The summed E-state index contributed by atoms with van der Waals surface area (Å²) in [4.78, 5) is 27.4. The van der Waals surface area contributed by atoms with E-state index in [1.54, 1.807) is 17.0 Å². The van der Waals surface area contributed by atoms with Crippen LogP contribution in [0.5, 0.6) is 5.75 Å². The van der Waals surface area contributed by atoms with Crippen LogP contribution in [-0.4, -0.2) is 41.3 Å². The first-order valence-electron chi connectivity index (χ1n) is 14.0. The van der Waals surface area contributed by atoms with E-state index in [0.717, 1.165) is 35.1 Å². The molecule has 41 heavy (non-hydrogen) atoms. The van der Waals surface area contributed by atoms with Gasteiger partial charge in [0.25, 0.3) is 0 Å². The third kappa shape index (κ3) is 6.55. The second kappa shape index (κ2) is 11.9. The minimum absolute atomic E-state index is 0.0228. The average molecular weight is 562 g/mol. The van der Waals surface area contributed by atoms with E-state index in [0.29, 0.717) is 12.1 Å². The standard InChI is InChI=1S/C34H40FNO5/c1-20-12-14-26(21(2)31(20)32(37)38)28-17-23(16-25-10-8-9-11-27(25)28)19-36(33(39)41-34(4,5)6)22(3)24-13-15-29(35)30(18-24)40-7/h8-15,18,22-23,28H,16-17,19H2,1-7H3,(H,37,38)/t22-,23-,28?/m1/s1. The molecule has 3 atom stereocenters. The molecule has 0 saturated carbocycles. The molecule has 3 aromatic carbocycles. The number of halogens is 1. The summed E-state index contributed by atoms with van der Waals surface area (Å²) in [7, 11) is 1.42. The molecule has 1 aliphatic rings. The number of aromatic carboxylic acids is 1. The Morgan fingerprint density at radius 2 is 1.78 bits per heavy atom. The minimum atomic E-state index is -0.929. The number of rotatable bonds is 7. The molecule has 1 unspecified atom stereocenters. The number of carboxylic acid groups (broad SMARTS) is 1. The van der Waals surface area contributed by atoms with Crippen molar-refractivity contribution < 1.29 is 28.6 Å². The molecule has 0 bridgehead atoms. The zero-order chi connectivity index (χ0) is 30.1. The molecule has 3 aromatic rings. The highest BCUT2D eigenvalue weighted by molar-refractivity contribution is 5.91. The fourth-order valence-electron chi connectivity index (χ4n) is 6.02. The third-order valence-corrected chi connectivity index (χ3v) is 8.02. The van der Waals surface area contributed by atoms with E-state index in [4.69, 9.17) is 9.47 Å². The monoisotopic (exact) mass is 561 g/mol. The fraction of sp³-hybridized carbons (Fsp3) is 0.412. The molecule has 0 radical (unpaired) electrons. The number of amides is 1. The van der Waals surface area contributed by atoms with Crippen molar-refractivity contribution in [1.82, 2.24) is 4.90 Å². The van der Waals surface area contributed by atoms with Crippen molar-refractivity contribution in [2.75, 3.05) is 13.7 Å². The predicted octanol–water partition coefficient (Wildman–Crippen LogP) is 7.84. The number of fused-ring (bicyclic) bond motifs is 1. The summed E-state index contributed by atoms with van der Waals surface area (Å²) in [6.45, 7) is 11.5. The van der Waals surface area contributed by atoms with Crippen molar-refractivity contribution in [3.63, 3.8) is 0 Å². The average Bonchev–Trinajstić information content (AvgIpc) is 2.90. The maximum Gasteiger partial charge on any atom is 0.410 e. The second-order valence-electron chi connectivity index (χ2n) is 12.0. The quantitative estimate of drug-likeness (QED) is 0.318.